The lowest BCUT2D eigenvalue weighted by Crippen LogP contribution is -2.25. The third-order valence-electron chi connectivity index (χ3n) is 5.33. The van der Waals surface area contributed by atoms with Crippen LogP contribution in [0.25, 0.3) is 5.69 Å². The zero-order chi connectivity index (χ0) is 18.8. The van der Waals surface area contributed by atoms with Crippen molar-refractivity contribution >= 4 is 11.8 Å². The molecule has 1 unspecified atom stereocenters. The molecule has 140 valence electrons. The lowest BCUT2D eigenvalue weighted by molar-refractivity contribution is 0.454. The number of hydrogen-bond acceptors (Lipinski definition) is 5. The van der Waals surface area contributed by atoms with Crippen LogP contribution in [0.15, 0.2) is 41.9 Å². The predicted molar refractivity (Wildman–Crippen MR) is 109 cm³/mol. The first-order valence-corrected chi connectivity index (χ1v) is 10.6. The molecule has 0 saturated carbocycles. The summed E-state index contributed by atoms with van der Waals surface area (Å²) in [5.74, 6) is 0. The van der Waals surface area contributed by atoms with Crippen LogP contribution in [-0.2, 0) is 13.0 Å². The number of nitrogens with one attached hydrogen (secondary N) is 1. The first kappa shape index (κ1) is 18.2. The lowest BCUT2D eigenvalue weighted by atomic mass is 9.92. The zero-order valence-electron chi connectivity index (χ0n) is 16.1. The van der Waals surface area contributed by atoms with E-state index >= 15 is 0 Å². The van der Waals surface area contributed by atoms with E-state index in [1.165, 1.54) is 28.8 Å². The van der Waals surface area contributed by atoms with Crippen molar-refractivity contribution in [2.45, 2.75) is 50.9 Å². The molecule has 1 N–H and O–H groups in total. The first-order valence-electron chi connectivity index (χ1n) is 9.38. The molecule has 0 aliphatic heterocycles. The van der Waals surface area contributed by atoms with Gasteiger partial charge in [-0.2, -0.15) is 5.10 Å². The van der Waals surface area contributed by atoms with E-state index in [0.717, 1.165) is 35.8 Å². The highest BCUT2D eigenvalue weighted by Gasteiger charge is 2.24. The number of fused-ring (bicyclic) bond motifs is 1. The normalized spacial score (nSPS) is 16.3. The van der Waals surface area contributed by atoms with Gasteiger partial charge in [-0.05, 0) is 62.6 Å². The number of thioether (sulfide) groups is 1. The highest BCUT2D eigenvalue weighted by atomic mass is 32.2. The maximum Gasteiger partial charge on any atom is 0.187 e. The van der Waals surface area contributed by atoms with Crippen LogP contribution in [-0.4, -0.2) is 26.0 Å². The summed E-state index contributed by atoms with van der Waals surface area (Å²) < 4.78 is 2.12. The molecule has 1 atom stereocenters. The van der Waals surface area contributed by atoms with Gasteiger partial charge in [0.1, 0.15) is 0 Å². The van der Waals surface area contributed by atoms with Crippen LogP contribution in [0.1, 0.15) is 46.8 Å². The summed E-state index contributed by atoms with van der Waals surface area (Å²) in [5.41, 5.74) is 7.53. The average Bonchev–Trinajstić information content (AvgIpc) is 3.13. The van der Waals surface area contributed by atoms with E-state index in [0.29, 0.717) is 6.04 Å². The van der Waals surface area contributed by atoms with Crippen molar-refractivity contribution in [3.05, 3.63) is 64.7 Å². The summed E-state index contributed by atoms with van der Waals surface area (Å²) in [6.45, 7) is 5.07. The van der Waals surface area contributed by atoms with Crippen molar-refractivity contribution in [3.63, 3.8) is 0 Å². The molecule has 6 heteroatoms. The second-order valence-electron chi connectivity index (χ2n) is 7.13. The van der Waals surface area contributed by atoms with E-state index in [4.69, 9.17) is 5.10 Å². The first-order chi connectivity index (χ1) is 13.2. The standard InChI is InChI=1S/C21H25N5S/c1-14-7-8-17(9-15(14)2)26-20-6-4-5-19(18(20)13-25-26)22-10-16-11-23-21(27-3)24-12-16/h7-9,11-13,19,22H,4-6,10H2,1-3H3. The van der Waals surface area contributed by atoms with E-state index in [9.17, 15) is 0 Å². The van der Waals surface area contributed by atoms with E-state index in [1.807, 2.05) is 24.8 Å². The quantitative estimate of drug-likeness (QED) is 0.533. The molecule has 2 heterocycles. The Morgan fingerprint density at radius 1 is 1.15 bits per heavy atom. The Bertz CT molecular complexity index is 932. The molecule has 2 aromatic heterocycles. The van der Waals surface area contributed by atoms with Gasteiger partial charge >= 0.3 is 0 Å². The Morgan fingerprint density at radius 3 is 2.70 bits per heavy atom. The van der Waals surface area contributed by atoms with Crippen LogP contribution in [0.4, 0.5) is 0 Å². The Morgan fingerprint density at radius 2 is 1.96 bits per heavy atom. The molecular formula is C21H25N5S. The molecule has 0 radical (unpaired) electrons. The maximum atomic E-state index is 4.72. The van der Waals surface area contributed by atoms with Gasteiger partial charge in [-0.1, -0.05) is 17.8 Å². The van der Waals surface area contributed by atoms with Crippen LogP contribution >= 0.6 is 11.8 Å². The molecule has 0 saturated heterocycles. The summed E-state index contributed by atoms with van der Waals surface area (Å²) in [4.78, 5) is 8.72. The van der Waals surface area contributed by atoms with Crippen LogP contribution < -0.4 is 5.32 Å². The smallest absolute Gasteiger partial charge is 0.187 e. The Balaban J connectivity index is 1.53. The third-order valence-corrected chi connectivity index (χ3v) is 5.91. The van der Waals surface area contributed by atoms with E-state index < -0.39 is 0 Å². The van der Waals surface area contributed by atoms with Crippen molar-refractivity contribution in [1.29, 1.82) is 0 Å². The number of aromatic nitrogens is 4. The van der Waals surface area contributed by atoms with Gasteiger partial charge in [0.2, 0.25) is 0 Å². The van der Waals surface area contributed by atoms with Crippen LogP contribution in [0.5, 0.6) is 0 Å². The Kier molecular flexibility index (Phi) is 5.27. The Hall–Kier alpha value is -2.18. The highest BCUT2D eigenvalue weighted by Crippen LogP contribution is 2.31. The van der Waals surface area contributed by atoms with E-state index in [2.05, 4.69) is 52.0 Å². The highest BCUT2D eigenvalue weighted by molar-refractivity contribution is 7.98. The molecule has 3 aromatic rings. The van der Waals surface area contributed by atoms with Crippen molar-refractivity contribution in [2.24, 2.45) is 0 Å². The number of aryl methyl sites for hydroxylation is 2. The molecule has 1 aromatic carbocycles. The largest absolute Gasteiger partial charge is 0.306 e. The van der Waals surface area contributed by atoms with Gasteiger partial charge in [0, 0.05) is 41.8 Å². The van der Waals surface area contributed by atoms with Gasteiger partial charge in [0.05, 0.1) is 11.9 Å². The van der Waals surface area contributed by atoms with Gasteiger partial charge in [-0.3, -0.25) is 0 Å². The minimum Gasteiger partial charge on any atom is -0.306 e. The van der Waals surface area contributed by atoms with Crippen LogP contribution in [0.3, 0.4) is 0 Å². The zero-order valence-corrected chi connectivity index (χ0v) is 16.9. The fourth-order valence-electron chi connectivity index (χ4n) is 3.63. The topological polar surface area (TPSA) is 55.6 Å². The molecular weight excluding hydrogens is 354 g/mol. The van der Waals surface area contributed by atoms with Gasteiger partial charge in [0.15, 0.2) is 5.16 Å². The van der Waals surface area contributed by atoms with Crippen LogP contribution in [0, 0.1) is 13.8 Å². The maximum absolute atomic E-state index is 4.72. The second kappa shape index (κ2) is 7.82. The van der Waals surface area contributed by atoms with Gasteiger partial charge < -0.3 is 5.32 Å². The summed E-state index contributed by atoms with van der Waals surface area (Å²) >= 11 is 1.56. The summed E-state index contributed by atoms with van der Waals surface area (Å²) in [5, 5.41) is 9.21. The average molecular weight is 380 g/mol. The summed E-state index contributed by atoms with van der Waals surface area (Å²) in [7, 11) is 0. The molecule has 1 aliphatic rings. The summed E-state index contributed by atoms with van der Waals surface area (Å²) in [6, 6.07) is 6.89. The summed E-state index contributed by atoms with van der Waals surface area (Å²) in [6.07, 6.45) is 11.2. The molecule has 0 bridgehead atoms. The number of nitrogens with zero attached hydrogens (tertiary/aromatic N) is 4. The van der Waals surface area contributed by atoms with Gasteiger partial charge in [-0.15, -0.1) is 0 Å². The minimum absolute atomic E-state index is 0.328. The number of benzene rings is 1. The molecule has 0 spiro atoms. The predicted octanol–water partition coefficient (Wildman–Crippen LogP) is 4.17. The fourth-order valence-corrected chi connectivity index (χ4v) is 3.95. The number of rotatable bonds is 5. The van der Waals surface area contributed by atoms with E-state index in [1.54, 1.807) is 11.8 Å². The molecule has 0 amide bonds. The number of hydrogen-bond donors (Lipinski definition) is 1. The minimum atomic E-state index is 0.328. The third kappa shape index (κ3) is 3.77. The van der Waals surface area contributed by atoms with Crippen molar-refractivity contribution in [3.8, 4) is 5.69 Å². The Labute approximate surface area is 164 Å². The molecule has 27 heavy (non-hydrogen) atoms. The van der Waals surface area contributed by atoms with Gasteiger partial charge in [0.25, 0.3) is 0 Å². The fraction of sp³-hybridized carbons (Fsp3) is 0.381. The van der Waals surface area contributed by atoms with Gasteiger partial charge in [-0.25, -0.2) is 14.6 Å². The monoisotopic (exact) mass is 379 g/mol. The van der Waals surface area contributed by atoms with E-state index in [-0.39, 0.29) is 0 Å². The molecule has 1 aliphatic carbocycles. The van der Waals surface area contributed by atoms with Crippen molar-refractivity contribution < 1.29 is 0 Å². The molecule has 5 nitrogen and oxygen atoms in total. The van der Waals surface area contributed by atoms with Crippen molar-refractivity contribution in [1.82, 2.24) is 25.1 Å². The van der Waals surface area contributed by atoms with Crippen molar-refractivity contribution in [2.75, 3.05) is 6.26 Å². The van der Waals surface area contributed by atoms with Crippen LogP contribution in [0.2, 0.25) is 0 Å². The molecule has 0 fully saturated rings. The SMILES string of the molecule is CSc1ncc(CNC2CCCc3c2cnn3-c2ccc(C)c(C)c2)cn1. The molecule has 4 rings (SSSR count). The second-order valence-corrected chi connectivity index (χ2v) is 7.90. The lowest BCUT2D eigenvalue weighted by Gasteiger charge is -2.24.